The van der Waals surface area contributed by atoms with Crippen molar-refractivity contribution < 1.29 is 14.6 Å². The SMILES string of the molecule is CCC1SCCSC1C(O)c1ccccc1OCCOC. The first-order valence-corrected chi connectivity index (χ1v) is 9.49. The quantitative estimate of drug-likeness (QED) is 0.777. The van der Waals surface area contributed by atoms with Gasteiger partial charge in [0.25, 0.3) is 0 Å². The normalized spacial score (nSPS) is 23.8. The molecular formula is C16H24O3S2. The van der Waals surface area contributed by atoms with Crippen LogP contribution in [0.2, 0.25) is 0 Å². The van der Waals surface area contributed by atoms with Crippen LogP contribution in [-0.2, 0) is 4.74 Å². The molecule has 1 fully saturated rings. The summed E-state index contributed by atoms with van der Waals surface area (Å²) in [4.78, 5) is 0. The lowest BCUT2D eigenvalue weighted by Gasteiger charge is -2.34. The fraction of sp³-hybridized carbons (Fsp3) is 0.625. The summed E-state index contributed by atoms with van der Waals surface area (Å²) in [7, 11) is 1.66. The van der Waals surface area contributed by atoms with Gasteiger partial charge in [0.2, 0.25) is 0 Å². The highest BCUT2D eigenvalue weighted by Gasteiger charge is 2.33. The Morgan fingerprint density at radius 1 is 1.24 bits per heavy atom. The molecule has 1 saturated heterocycles. The third-order valence-electron chi connectivity index (χ3n) is 3.59. The van der Waals surface area contributed by atoms with E-state index in [0.29, 0.717) is 18.5 Å². The lowest BCUT2D eigenvalue weighted by Crippen LogP contribution is -2.31. The van der Waals surface area contributed by atoms with Crippen LogP contribution in [0.25, 0.3) is 0 Å². The molecule has 5 heteroatoms. The van der Waals surface area contributed by atoms with Crippen LogP contribution < -0.4 is 4.74 Å². The third kappa shape index (κ3) is 4.55. The molecule has 1 aromatic rings. The summed E-state index contributed by atoms with van der Waals surface area (Å²) in [5.41, 5.74) is 0.895. The van der Waals surface area contributed by atoms with E-state index in [1.165, 1.54) is 5.75 Å². The summed E-state index contributed by atoms with van der Waals surface area (Å²) in [6, 6.07) is 7.80. The van der Waals surface area contributed by atoms with Gasteiger partial charge in [0.1, 0.15) is 12.4 Å². The van der Waals surface area contributed by atoms with Gasteiger partial charge in [-0.1, -0.05) is 25.1 Å². The van der Waals surface area contributed by atoms with Crippen LogP contribution in [0.1, 0.15) is 25.0 Å². The predicted molar refractivity (Wildman–Crippen MR) is 91.6 cm³/mol. The molecule has 0 aliphatic carbocycles. The summed E-state index contributed by atoms with van der Waals surface area (Å²) in [5.74, 6) is 3.06. The average Bonchev–Trinajstić information content (AvgIpc) is 2.55. The number of methoxy groups -OCH3 is 1. The molecule has 0 spiro atoms. The lowest BCUT2D eigenvalue weighted by atomic mass is 10.0. The second-order valence-electron chi connectivity index (χ2n) is 4.98. The number of hydrogen-bond acceptors (Lipinski definition) is 5. The number of aliphatic hydroxyl groups excluding tert-OH is 1. The fourth-order valence-corrected chi connectivity index (χ4v) is 5.63. The minimum absolute atomic E-state index is 0.237. The molecule has 3 atom stereocenters. The summed E-state index contributed by atoms with van der Waals surface area (Å²) in [6.07, 6.45) is 0.609. The molecule has 3 nitrogen and oxygen atoms in total. The Morgan fingerprint density at radius 3 is 2.76 bits per heavy atom. The molecular weight excluding hydrogens is 304 g/mol. The van der Waals surface area contributed by atoms with Gasteiger partial charge in [-0.15, -0.1) is 0 Å². The Kier molecular flexibility index (Phi) is 7.23. The smallest absolute Gasteiger partial charge is 0.125 e. The first-order chi connectivity index (χ1) is 10.3. The molecule has 1 aliphatic heterocycles. The van der Waals surface area contributed by atoms with E-state index in [2.05, 4.69) is 6.92 Å². The number of hydrogen-bond donors (Lipinski definition) is 1. The maximum atomic E-state index is 10.8. The van der Waals surface area contributed by atoms with Gasteiger partial charge in [0, 0.05) is 34.7 Å². The second kappa shape index (κ2) is 8.93. The molecule has 2 rings (SSSR count). The Balaban J connectivity index is 2.11. The third-order valence-corrected chi connectivity index (χ3v) is 6.92. The van der Waals surface area contributed by atoms with E-state index in [9.17, 15) is 5.11 Å². The van der Waals surface area contributed by atoms with Gasteiger partial charge in [-0.25, -0.2) is 0 Å². The maximum Gasteiger partial charge on any atom is 0.125 e. The number of ether oxygens (including phenoxy) is 2. The molecule has 1 heterocycles. The number of benzene rings is 1. The minimum atomic E-state index is -0.480. The molecule has 1 N–H and O–H groups in total. The van der Waals surface area contributed by atoms with Gasteiger partial charge >= 0.3 is 0 Å². The minimum Gasteiger partial charge on any atom is -0.491 e. The first-order valence-electron chi connectivity index (χ1n) is 7.39. The Morgan fingerprint density at radius 2 is 2.00 bits per heavy atom. The van der Waals surface area contributed by atoms with Crippen molar-refractivity contribution in [2.75, 3.05) is 31.8 Å². The van der Waals surface area contributed by atoms with Crippen LogP contribution in [0.15, 0.2) is 24.3 Å². The van der Waals surface area contributed by atoms with Crippen molar-refractivity contribution in [1.82, 2.24) is 0 Å². The van der Waals surface area contributed by atoms with Gasteiger partial charge < -0.3 is 14.6 Å². The molecule has 1 aromatic carbocycles. The molecule has 0 aromatic heterocycles. The van der Waals surface area contributed by atoms with Crippen molar-refractivity contribution in [1.29, 1.82) is 0 Å². The Labute approximate surface area is 135 Å². The largest absolute Gasteiger partial charge is 0.491 e. The second-order valence-corrected chi connectivity index (χ2v) is 7.61. The molecule has 0 saturated carbocycles. The molecule has 118 valence electrons. The van der Waals surface area contributed by atoms with E-state index >= 15 is 0 Å². The van der Waals surface area contributed by atoms with Crippen molar-refractivity contribution in [3.8, 4) is 5.75 Å². The highest BCUT2D eigenvalue weighted by molar-refractivity contribution is 8.07. The van der Waals surface area contributed by atoms with Gasteiger partial charge in [-0.3, -0.25) is 0 Å². The van der Waals surface area contributed by atoms with Crippen LogP contribution in [0.4, 0.5) is 0 Å². The number of para-hydroxylation sites is 1. The lowest BCUT2D eigenvalue weighted by molar-refractivity contribution is 0.137. The van der Waals surface area contributed by atoms with E-state index < -0.39 is 6.10 Å². The molecule has 1 aliphatic rings. The van der Waals surface area contributed by atoms with Crippen LogP contribution in [0, 0.1) is 0 Å². The van der Waals surface area contributed by atoms with Gasteiger partial charge in [0.15, 0.2) is 0 Å². The standard InChI is InChI=1S/C16H24O3S2/c1-3-14-16(21-11-10-20-14)15(17)12-6-4-5-7-13(12)19-9-8-18-2/h4-7,14-17H,3,8-11H2,1-2H3. The summed E-state index contributed by atoms with van der Waals surface area (Å²) < 4.78 is 10.8. The zero-order valence-corrected chi connectivity index (χ0v) is 14.3. The van der Waals surface area contributed by atoms with Crippen molar-refractivity contribution in [2.45, 2.75) is 29.9 Å². The van der Waals surface area contributed by atoms with Crippen molar-refractivity contribution in [3.63, 3.8) is 0 Å². The average molecular weight is 328 g/mol. The van der Waals surface area contributed by atoms with Crippen LogP contribution in [-0.4, -0.2) is 47.4 Å². The summed E-state index contributed by atoms with van der Waals surface area (Å²) >= 11 is 3.86. The molecule has 0 bridgehead atoms. The van der Waals surface area contributed by atoms with Crippen molar-refractivity contribution >= 4 is 23.5 Å². The number of rotatable bonds is 7. The monoisotopic (exact) mass is 328 g/mol. The van der Waals surface area contributed by atoms with Gasteiger partial charge in [-0.05, 0) is 12.5 Å². The van der Waals surface area contributed by atoms with E-state index in [-0.39, 0.29) is 5.25 Å². The highest BCUT2D eigenvalue weighted by Crippen LogP contribution is 2.42. The highest BCUT2D eigenvalue weighted by atomic mass is 32.2. The van der Waals surface area contributed by atoms with E-state index in [1.54, 1.807) is 7.11 Å². The molecule has 3 unspecified atom stereocenters. The van der Waals surface area contributed by atoms with Gasteiger partial charge in [0.05, 0.1) is 12.7 Å². The Bertz CT molecular complexity index is 428. The zero-order chi connectivity index (χ0) is 15.1. The zero-order valence-electron chi connectivity index (χ0n) is 12.7. The molecule has 0 amide bonds. The molecule has 0 radical (unpaired) electrons. The number of aliphatic hydroxyl groups is 1. The van der Waals surface area contributed by atoms with E-state index in [4.69, 9.17) is 9.47 Å². The van der Waals surface area contributed by atoms with Crippen LogP contribution >= 0.6 is 23.5 Å². The van der Waals surface area contributed by atoms with E-state index in [1.807, 2.05) is 47.8 Å². The van der Waals surface area contributed by atoms with E-state index in [0.717, 1.165) is 23.5 Å². The van der Waals surface area contributed by atoms with Crippen molar-refractivity contribution in [2.24, 2.45) is 0 Å². The van der Waals surface area contributed by atoms with Crippen LogP contribution in [0.5, 0.6) is 5.75 Å². The summed E-state index contributed by atoms with van der Waals surface area (Å²) in [5, 5.41) is 11.6. The Hall–Kier alpha value is -0.360. The first kappa shape index (κ1) is 17.0. The fourth-order valence-electron chi connectivity index (χ4n) is 2.50. The maximum absolute atomic E-state index is 10.8. The van der Waals surface area contributed by atoms with Crippen LogP contribution in [0.3, 0.4) is 0 Å². The predicted octanol–water partition coefficient (Wildman–Crippen LogP) is 3.37. The molecule has 21 heavy (non-hydrogen) atoms. The summed E-state index contributed by atoms with van der Waals surface area (Å²) in [6.45, 7) is 3.25. The van der Waals surface area contributed by atoms with Crippen molar-refractivity contribution in [3.05, 3.63) is 29.8 Å². The van der Waals surface area contributed by atoms with Gasteiger partial charge in [-0.2, -0.15) is 23.5 Å². The topological polar surface area (TPSA) is 38.7 Å². The number of thioether (sulfide) groups is 2.